The van der Waals surface area contributed by atoms with Crippen LogP contribution in [0.4, 0.5) is 0 Å². The molecule has 2 rings (SSSR count). The van der Waals surface area contributed by atoms with Crippen LogP contribution in [0.25, 0.3) is 0 Å². The van der Waals surface area contributed by atoms with Crippen molar-refractivity contribution < 1.29 is 9.59 Å². The maximum absolute atomic E-state index is 12.4. The number of likely N-dealkylation sites (N-methyl/N-ethyl adjacent to an activating group) is 1. The summed E-state index contributed by atoms with van der Waals surface area (Å²) in [6.07, 6.45) is 0. The SMILES string of the molecule is CCNC(=O)C1CNCCN1C(=O)c1ccc(=O)[nH]n1. The molecule has 1 unspecified atom stereocenters. The fourth-order valence-corrected chi connectivity index (χ4v) is 2.08. The highest BCUT2D eigenvalue weighted by Crippen LogP contribution is 2.08. The zero-order chi connectivity index (χ0) is 14.5. The van der Waals surface area contributed by atoms with Crippen molar-refractivity contribution in [3.8, 4) is 0 Å². The number of carbonyl (C=O) groups is 2. The lowest BCUT2D eigenvalue weighted by Gasteiger charge is -2.34. The van der Waals surface area contributed by atoms with Crippen molar-refractivity contribution in [2.45, 2.75) is 13.0 Å². The van der Waals surface area contributed by atoms with Gasteiger partial charge in [0.1, 0.15) is 11.7 Å². The topological polar surface area (TPSA) is 107 Å². The molecule has 0 aromatic carbocycles. The van der Waals surface area contributed by atoms with E-state index < -0.39 is 6.04 Å². The van der Waals surface area contributed by atoms with Crippen molar-refractivity contribution in [2.75, 3.05) is 26.2 Å². The quantitative estimate of drug-likeness (QED) is 0.612. The summed E-state index contributed by atoms with van der Waals surface area (Å²) in [4.78, 5) is 36.8. The molecule has 1 aliphatic rings. The highest BCUT2D eigenvalue weighted by atomic mass is 16.2. The zero-order valence-electron chi connectivity index (χ0n) is 11.2. The van der Waals surface area contributed by atoms with Gasteiger partial charge in [0.15, 0.2) is 0 Å². The largest absolute Gasteiger partial charge is 0.355 e. The van der Waals surface area contributed by atoms with Gasteiger partial charge in [-0.25, -0.2) is 5.10 Å². The summed E-state index contributed by atoms with van der Waals surface area (Å²) < 4.78 is 0. The smallest absolute Gasteiger partial charge is 0.275 e. The van der Waals surface area contributed by atoms with Crippen LogP contribution < -0.4 is 16.2 Å². The van der Waals surface area contributed by atoms with Gasteiger partial charge in [-0.15, -0.1) is 0 Å². The van der Waals surface area contributed by atoms with E-state index in [0.717, 1.165) is 0 Å². The van der Waals surface area contributed by atoms with Gasteiger partial charge in [0.05, 0.1) is 0 Å². The number of carbonyl (C=O) groups excluding carboxylic acids is 2. The number of aromatic nitrogens is 2. The Morgan fingerprint density at radius 3 is 2.95 bits per heavy atom. The molecule has 8 heteroatoms. The lowest BCUT2D eigenvalue weighted by atomic mass is 10.1. The van der Waals surface area contributed by atoms with E-state index in [4.69, 9.17) is 0 Å². The molecule has 20 heavy (non-hydrogen) atoms. The molecule has 0 aliphatic carbocycles. The first-order valence-electron chi connectivity index (χ1n) is 6.48. The van der Waals surface area contributed by atoms with E-state index in [0.29, 0.717) is 26.2 Å². The minimum Gasteiger partial charge on any atom is -0.355 e. The summed E-state index contributed by atoms with van der Waals surface area (Å²) in [7, 11) is 0. The minimum absolute atomic E-state index is 0.126. The van der Waals surface area contributed by atoms with Gasteiger partial charge in [-0.2, -0.15) is 5.10 Å². The standard InChI is InChI=1S/C12H17N5O3/c1-2-14-11(19)9-7-13-5-6-17(9)12(20)8-3-4-10(18)16-15-8/h3-4,9,13H,2,5-7H2,1H3,(H,14,19)(H,16,18). The van der Waals surface area contributed by atoms with Crippen LogP contribution in [0.1, 0.15) is 17.4 Å². The van der Waals surface area contributed by atoms with E-state index in [-0.39, 0.29) is 23.1 Å². The van der Waals surface area contributed by atoms with Crippen LogP contribution in [0.5, 0.6) is 0 Å². The molecule has 0 radical (unpaired) electrons. The number of H-pyrrole nitrogens is 1. The van der Waals surface area contributed by atoms with Crippen molar-refractivity contribution in [3.05, 3.63) is 28.2 Å². The molecule has 1 aromatic heterocycles. The number of rotatable bonds is 3. The van der Waals surface area contributed by atoms with Gasteiger partial charge in [0.25, 0.3) is 11.5 Å². The molecular weight excluding hydrogens is 262 g/mol. The fraction of sp³-hybridized carbons (Fsp3) is 0.500. The summed E-state index contributed by atoms with van der Waals surface area (Å²) in [5.41, 5.74) is -0.247. The summed E-state index contributed by atoms with van der Waals surface area (Å²) in [5, 5.41) is 11.7. The summed E-state index contributed by atoms with van der Waals surface area (Å²) in [6.45, 7) is 3.77. The zero-order valence-corrected chi connectivity index (χ0v) is 11.2. The van der Waals surface area contributed by atoms with Gasteiger partial charge in [-0.3, -0.25) is 14.4 Å². The van der Waals surface area contributed by atoms with Gasteiger partial charge in [-0.05, 0) is 13.0 Å². The van der Waals surface area contributed by atoms with Gasteiger partial charge in [-0.1, -0.05) is 0 Å². The third kappa shape index (κ3) is 3.02. The Hall–Kier alpha value is -2.22. The summed E-state index contributed by atoms with van der Waals surface area (Å²) in [5.74, 6) is -0.559. The van der Waals surface area contributed by atoms with Crippen molar-refractivity contribution >= 4 is 11.8 Å². The van der Waals surface area contributed by atoms with Crippen LogP contribution in [0, 0.1) is 0 Å². The molecule has 0 saturated carbocycles. The Bertz CT molecular complexity index is 536. The summed E-state index contributed by atoms with van der Waals surface area (Å²) in [6, 6.07) is 2.03. The Labute approximate surface area is 115 Å². The molecule has 108 valence electrons. The molecule has 3 N–H and O–H groups in total. The van der Waals surface area contributed by atoms with E-state index in [1.165, 1.54) is 17.0 Å². The molecule has 1 atom stereocenters. The average molecular weight is 279 g/mol. The van der Waals surface area contributed by atoms with Crippen molar-refractivity contribution in [1.29, 1.82) is 0 Å². The van der Waals surface area contributed by atoms with Gasteiger partial charge in [0, 0.05) is 32.2 Å². The number of nitrogens with one attached hydrogen (secondary N) is 3. The van der Waals surface area contributed by atoms with Gasteiger partial charge in [0.2, 0.25) is 5.91 Å². The first kappa shape index (κ1) is 14.2. The molecule has 0 bridgehead atoms. The van der Waals surface area contributed by atoms with Crippen LogP contribution in [0.15, 0.2) is 16.9 Å². The van der Waals surface area contributed by atoms with E-state index in [2.05, 4.69) is 20.8 Å². The summed E-state index contributed by atoms with van der Waals surface area (Å²) >= 11 is 0. The van der Waals surface area contributed by atoms with Crippen LogP contribution in [-0.4, -0.2) is 59.1 Å². The Morgan fingerprint density at radius 1 is 1.50 bits per heavy atom. The molecule has 0 spiro atoms. The second kappa shape index (κ2) is 6.29. The van der Waals surface area contributed by atoms with Crippen molar-refractivity contribution in [3.63, 3.8) is 0 Å². The molecule has 2 amide bonds. The van der Waals surface area contributed by atoms with Crippen LogP contribution in [0.3, 0.4) is 0 Å². The fourth-order valence-electron chi connectivity index (χ4n) is 2.08. The second-order valence-corrected chi connectivity index (χ2v) is 4.42. The number of amides is 2. The highest BCUT2D eigenvalue weighted by molar-refractivity contribution is 5.96. The van der Waals surface area contributed by atoms with Crippen LogP contribution in [0.2, 0.25) is 0 Å². The molecule has 1 aromatic rings. The first-order valence-corrected chi connectivity index (χ1v) is 6.48. The van der Waals surface area contributed by atoms with Crippen molar-refractivity contribution in [1.82, 2.24) is 25.7 Å². The number of hydrogen-bond donors (Lipinski definition) is 3. The van der Waals surface area contributed by atoms with E-state index >= 15 is 0 Å². The lowest BCUT2D eigenvalue weighted by molar-refractivity contribution is -0.126. The van der Waals surface area contributed by atoms with E-state index in [9.17, 15) is 14.4 Å². The molecule has 1 saturated heterocycles. The third-order valence-electron chi connectivity index (χ3n) is 3.06. The normalized spacial score (nSPS) is 18.6. The van der Waals surface area contributed by atoms with Crippen molar-refractivity contribution in [2.24, 2.45) is 0 Å². The third-order valence-corrected chi connectivity index (χ3v) is 3.06. The first-order chi connectivity index (χ1) is 9.63. The minimum atomic E-state index is -0.565. The molecular formula is C12H17N5O3. The second-order valence-electron chi connectivity index (χ2n) is 4.42. The predicted octanol–water partition coefficient (Wildman–Crippen LogP) is -1.68. The highest BCUT2D eigenvalue weighted by Gasteiger charge is 2.32. The maximum Gasteiger partial charge on any atom is 0.275 e. The monoisotopic (exact) mass is 279 g/mol. The maximum atomic E-state index is 12.4. The number of aromatic amines is 1. The molecule has 1 aliphatic heterocycles. The Kier molecular flexibility index (Phi) is 4.46. The van der Waals surface area contributed by atoms with Crippen LogP contribution >= 0.6 is 0 Å². The lowest BCUT2D eigenvalue weighted by Crippen LogP contribution is -2.59. The Morgan fingerprint density at radius 2 is 2.30 bits per heavy atom. The molecule has 2 heterocycles. The van der Waals surface area contributed by atoms with E-state index in [1.54, 1.807) is 0 Å². The van der Waals surface area contributed by atoms with Crippen LogP contribution in [-0.2, 0) is 4.79 Å². The van der Waals surface area contributed by atoms with E-state index in [1.807, 2.05) is 6.92 Å². The number of hydrogen-bond acceptors (Lipinski definition) is 5. The van der Waals surface area contributed by atoms with Gasteiger partial charge < -0.3 is 15.5 Å². The predicted molar refractivity (Wildman–Crippen MR) is 71.2 cm³/mol. The average Bonchev–Trinajstić information content (AvgIpc) is 2.47. The number of piperazine rings is 1. The molecule has 1 fully saturated rings. The van der Waals surface area contributed by atoms with Gasteiger partial charge >= 0.3 is 0 Å². The Balaban J connectivity index is 2.18. The molecule has 8 nitrogen and oxygen atoms in total. The number of nitrogens with zero attached hydrogens (tertiary/aromatic N) is 2.